The van der Waals surface area contributed by atoms with Crippen LogP contribution in [0.1, 0.15) is 25.7 Å². The van der Waals surface area contributed by atoms with Gasteiger partial charge in [0, 0.05) is 18.4 Å². The Labute approximate surface area is 113 Å². The second-order valence-corrected chi connectivity index (χ2v) is 4.82. The molecule has 104 valence electrons. The maximum Gasteiger partial charge on any atom is 0.240 e. The van der Waals surface area contributed by atoms with Crippen molar-refractivity contribution in [3.8, 4) is 0 Å². The van der Waals surface area contributed by atoms with Crippen LogP contribution in [0.3, 0.4) is 0 Å². The van der Waals surface area contributed by atoms with Gasteiger partial charge < -0.3 is 5.73 Å². The summed E-state index contributed by atoms with van der Waals surface area (Å²) in [6.07, 6.45) is 7.68. The van der Waals surface area contributed by atoms with Gasteiger partial charge in [0.1, 0.15) is 0 Å². The smallest absolute Gasteiger partial charge is 0.240 e. The van der Waals surface area contributed by atoms with E-state index in [0.29, 0.717) is 25.1 Å². The minimum Gasteiger partial charge on any atom is -0.330 e. The Kier molecular flexibility index (Phi) is 5.23. The van der Waals surface area contributed by atoms with Crippen molar-refractivity contribution in [3.05, 3.63) is 18.5 Å². The molecule has 1 saturated heterocycles. The number of piperidine rings is 1. The molecule has 2 rings (SSSR count). The van der Waals surface area contributed by atoms with Gasteiger partial charge in [-0.1, -0.05) is 6.42 Å². The van der Waals surface area contributed by atoms with Gasteiger partial charge in [-0.15, -0.1) is 0 Å². The second-order valence-electron chi connectivity index (χ2n) is 4.82. The van der Waals surface area contributed by atoms with Gasteiger partial charge in [0.05, 0.1) is 6.54 Å². The van der Waals surface area contributed by atoms with Gasteiger partial charge in [0.15, 0.2) is 0 Å². The number of rotatable bonds is 5. The van der Waals surface area contributed by atoms with Gasteiger partial charge in [0.2, 0.25) is 11.9 Å². The zero-order valence-electron chi connectivity index (χ0n) is 11.1. The molecule has 3 N–H and O–H groups in total. The first kappa shape index (κ1) is 13.9. The standard InChI is InChI=1S/C13H21N5O/c14-6-5-11-4-1-2-9-18(11)10-12(19)17-13-15-7-3-8-16-13/h3,7-8,11H,1-2,4-6,9-10,14H2,(H,15,16,17,19). The van der Waals surface area contributed by atoms with E-state index < -0.39 is 0 Å². The molecule has 0 radical (unpaired) electrons. The SMILES string of the molecule is NCCC1CCCCN1CC(=O)Nc1ncccn1. The quantitative estimate of drug-likeness (QED) is 0.813. The lowest BCUT2D eigenvalue weighted by atomic mass is 9.99. The van der Waals surface area contributed by atoms with Crippen molar-refractivity contribution in [2.24, 2.45) is 5.73 Å². The summed E-state index contributed by atoms with van der Waals surface area (Å²) in [5.41, 5.74) is 5.63. The van der Waals surface area contributed by atoms with Crippen molar-refractivity contribution in [2.75, 3.05) is 25.0 Å². The van der Waals surface area contributed by atoms with Crippen LogP contribution in [-0.4, -0.2) is 46.5 Å². The lowest BCUT2D eigenvalue weighted by molar-refractivity contribution is -0.118. The molecule has 1 amide bonds. The van der Waals surface area contributed by atoms with Gasteiger partial charge in [-0.2, -0.15) is 0 Å². The fourth-order valence-electron chi connectivity index (χ4n) is 2.50. The molecule has 1 atom stereocenters. The molecule has 1 aliphatic heterocycles. The molecule has 2 heterocycles. The number of amides is 1. The van der Waals surface area contributed by atoms with Gasteiger partial charge >= 0.3 is 0 Å². The third kappa shape index (κ3) is 4.25. The molecule has 0 spiro atoms. The monoisotopic (exact) mass is 263 g/mol. The number of hydrogen-bond donors (Lipinski definition) is 2. The van der Waals surface area contributed by atoms with Crippen LogP contribution in [0.2, 0.25) is 0 Å². The predicted octanol–water partition coefficient (Wildman–Crippen LogP) is 0.618. The molecular weight excluding hydrogens is 242 g/mol. The molecule has 6 heteroatoms. The normalized spacial score (nSPS) is 20.2. The average Bonchev–Trinajstić information content (AvgIpc) is 2.42. The third-order valence-corrected chi connectivity index (χ3v) is 3.41. The molecule has 0 aliphatic carbocycles. The number of carbonyl (C=O) groups is 1. The summed E-state index contributed by atoms with van der Waals surface area (Å²) in [5.74, 6) is 0.301. The Bertz CT molecular complexity index is 395. The topological polar surface area (TPSA) is 84.1 Å². The number of aromatic nitrogens is 2. The van der Waals surface area contributed by atoms with E-state index in [1.165, 1.54) is 6.42 Å². The fourth-order valence-corrected chi connectivity index (χ4v) is 2.50. The van der Waals surface area contributed by atoms with E-state index >= 15 is 0 Å². The van der Waals surface area contributed by atoms with Gasteiger partial charge in [-0.05, 0) is 38.4 Å². The highest BCUT2D eigenvalue weighted by molar-refractivity contribution is 5.90. The molecule has 19 heavy (non-hydrogen) atoms. The first-order valence-electron chi connectivity index (χ1n) is 6.80. The lowest BCUT2D eigenvalue weighted by Gasteiger charge is -2.34. The molecule has 1 aliphatic rings. The van der Waals surface area contributed by atoms with Crippen LogP contribution in [0.4, 0.5) is 5.95 Å². The number of carbonyl (C=O) groups excluding carboxylic acids is 1. The van der Waals surface area contributed by atoms with Crippen molar-refractivity contribution in [1.29, 1.82) is 0 Å². The Morgan fingerprint density at radius 2 is 2.21 bits per heavy atom. The minimum absolute atomic E-state index is 0.0601. The second kappa shape index (κ2) is 7.16. The first-order chi connectivity index (χ1) is 9.29. The summed E-state index contributed by atoms with van der Waals surface area (Å²) >= 11 is 0. The fraction of sp³-hybridized carbons (Fsp3) is 0.615. The van der Waals surface area contributed by atoms with Gasteiger partial charge in [-0.25, -0.2) is 9.97 Å². The van der Waals surface area contributed by atoms with E-state index in [9.17, 15) is 4.79 Å². The number of anilines is 1. The molecular formula is C13H21N5O. The number of likely N-dealkylation sites (tertiary alicyclic amines) is 1. The van der Waals surface area contributed by atoms with Crippen molar-refractivity contribution in [3.63, 3.8) is 0 Å². The van der Waals surface area contributed by atoms with Crippen LogP contribution in [0, 0.1) is 0 Å². The van der Waals surface area contributed by atoms with E-state index in [0.717, 1.165) is 25.8 Å². The van der Waals surface area contributed by atoms with Crippen LogP contribution in [0.15, 0.2) is 18.5 Å². The summed E-state index contributed by atoms with van der Waals surface area (Å²) in [6.45, 7) is 2.03. The molecule has 0 saturated carbocycles. The summed E-state index contributed by atoms with van der Waals surface area (Å²) in [5, 5.41) is 2.72. The zero-order valence-corrected chi connectivity index (χ0v) is 11.1. The van der Waals surface area contributed by atoms with Crippen LogP contribution in [0.5, 0.6) is 0 Å². The Balaban J connectivity index is 1.86. The largest absolute Gasteiger partial charge is 0.330 e. The van der Waals surface area contributed by atoms with E-state index in [1.807, 2.05) is 0 Å². The van der Waals surface area contributed by atoms with Gasteiger partial charge in [0.25, 0.3) is 0 Å². The average molecular weight is 263 g/mol. The van der Waals surface area contributed by atoms with E-state index in [4.69, 9.17) is 5.73 Å². The highest BCUT2D eigenvalue weighted by Crippen LogP contribution is 2.18. The van der Waals surface area contributed by atoms with E-state index in [-0.39, 0.29) is 5.91 Å². The van der Waals surface area contributed by atoms with Crippen molar-refractivity contribution in [1.82, 2.24) is 14.9 Å². The van der Waals surface area contributed by atoms with Crippen LogP contribution in [0.25, 0.3) is 0 Å². The van der Waals surface area contributed by atoms with Crippen molar-refractivity contribution < 1.29 is 4.79 Å². The minimum atomic E-state index is -0.0601. The summed E-state index contributed by atoms with van der Waals surface area (Å²) in [6, 6.07) is 2.15. The number of nitrogens with two attached hydrogens (primary N) is 1. The molecule has 1 unspecified atom stereocenters. The Morgan fingerprint density at radius 1 is 1.42 bits per heavy atom. The van der Waals surface area contributed by atoms with Crippen LogP contribution >= 0.6 is 0 Å². The first-order valence-corrected chi connectivity index (χ1v) is 6.80. The highest BCUT2D eigenvalue weighted by atomic mass is 16.2. The van der Waals surface area contributed by atoms with Crippen molar-refractivity contribution in [2.45, 2.75) is 31.7 Å². The highest BCUT2D eigenvalue weighted by Gasteiger charge is 2.23. The van der Waals surface area contributed by atoms with E-state index in [2.05, 4.69) is 20.2 Å². The predicted molar refractivity (Wildman–Crippen MR) is 73.5 cm³/mol. The zero-order chi connectivity index (χ0) is 13.5. The maximum atomic E-state index is 12.0. The number of hydrogen-bond acceptors (Lipinski definition) is 5. The Hall–Kier alpha value is -1.53. The van der Waals surface area contributed by atoms with E-state index in [1.54, 1.807) is 18.5 Å². The van der Waals surface area contributed by atoms with Crippen LogP contribution in [-0.2, 0) is 4.79 Å². The Morgan fingerprint density at radius 3 is 2.95 bits per heavy atom. The number of nitrogens with zero attached hydrogens (tertiary/aromatic N) is 3. The third-order valence-electron chi connectivity index (χ3n) is 3.41. The number of nitrogens with one attached hydrogen (secondary N) is 1. The molecule has 1 aromatic heterocycles. The summed E-state index contributed by atoms with van der Waals surface area (Å²) < 4.78 is 0. The van der Waals surface area contributed by atoms with Crippen LogP contribution < -0.4 is 11.1 Å². The maximum absolute atomic E-state index is 12.0. The lowest BCUT2D eigenvalue weighted by Crippen LogP contribution is -2.44. The molecule has 0 bridgehead atoms. The molecule has 1 aromatic rings. The summed E-state index contributed by atoms with van der Waals surface area (Å²) in [4.78, 5) is 22.2. The molecule has 0 aromatic carbocycles. The van der Waals surface area contributed by atoms with Crippen molar-refractivity contribution >= 4 is 11.9 Å². The molecule has 1 fully saturated rings. The molecule has 6 nitrogen and oxygen atoms in total. The summed E-state index contributed by atoms with van der Waals surface area (Å²) in [7, 11) is 0. The van der Waals surface area contributed by atoms with Gasteiger partial charge in [-0.3, -0.25) is 15.0 Å².